The molecule has 0 amide bonds. The van der Waals surface area contributed by atoms with Gasteiger partial charge in [0.25, 0.3) is 0 Å². The van der Waals surface area contributed by atoms with Gasteiger partial charge in [-0.2, -0.15) is 0 Å². The number of aryl methyl sites for hydroxylation is 1. The fourth-order valence-electron chi connectivity index (χ4n) is 2.02. The van der Waals surface area contributed by atoms with E-state index in [1.54, 1.807) is 6.92 Å². The number of rotatable bonds is 5. The van der Waals surface area contributed by atoms with Gasteiger partial charge >= 0.3 is 5.97 Å². The van der Waals surface area contributed by atoms with Gasteiger partial charge in [0.15, 0.2) is 6.10 Å². The van der Waals surface area contributed by atoms with Crippen molar-refractivity contribution in [2.45, 2.75) is 25.9 Å². The molecule has 0 aliphatic rings. The highest BCUT2D eigenvalue weighted by Crippen LogP contribution is 2.17. The number of carbonyl (C=O) groups excluding carboxylic acids is 1. The highest BCUT2D eigenvalue weighted by Gasteiger charge is 2.13. The molecule has 2 rings (SSSR count). The Morgan fingerprint density at radius 1 is 1.05 bits per heavy atom. The summed E-state index contributed by atoms with van der Waals surface area (Å²) in [5.74, 6) is 5.53. The monoisotopic (exact) mass is 278 g/mol. The quantitative estimate of drug-likeness (QED) is 0.612. The molecule has 0 aromatic heterocycles. The van der Waals surface area contributed by atoms with Crippen molar-refractivity contribution in [3.05, 3.63) is 71.8 Å². The standard InChI is InChI=1S/C19H18O2/c1-2-9-18(17-12-7-4-8-13-17)21-19(20)15-14-16-10-5-3-6-11-16/h3-8,10-13,18H,14-15H2,1H3/t18-/m1/s1. The molecule has 0 spiro atoms. The molecule has 2 aromatic carbocycles. The van der Waals surface area contributed by atoms with Crippen molar-refractivity contribution >= 4 is 5.97 Å². The van der Waals surface area contributed by atoms with Crippen LogP contribution in [0.4, 0.5) is 0 Å². The van der Waals surface area contributed by atoms with E-state index in [4.69, 9.17) is 4.74 Å². The van der Waals surface area contributed by atoms with E-state index in [1.807, 2.05) is 60.7 Å². The van der Waals surface area contributed by atoms with E-state index in [0.29, 0.717) is 12.8 Å². The maximum absolute atomic E-state index is 12.0. The Labute approximate surface area is 125 Å². The molecular formula is C19H18O2. The molecule has 0 unspecified atom stereocenters. The van der Waals surface area contributed by atoms with Crippen molar-refractivity contribution < 1.29 is 9.53 Å². The minimum absolute atomic E-state index is 0.226. The predicted molar refractivity (Wildman–Crippen MR) is 83.5 cm³/mol. The van der Waals surface area contributed by atoms with Crippen LogP contribution >= 0.6 is 0 Å². The third-order valence-corrected chi connectivity index (χ3v) is 3.09. The highest BCUT2D eigenvalue weighted by molar-refractivity contribution is 5.70. The maximum Gasteiger partial charge on any atom is 0.307 e. The largest absolute Gasteiger partial charge is 0.444 e. The number of carbonyl (C=O) groups is 1. The molecule has 0 N–H and O–H groups in total. The first-order valence-electron chi connectivity index (χ1n) is 7.00. The first-order chi connectivity index (χ1) is 10.3. The van der Waals surface area contributed by atoms with Gasteiger partial charge in [-0.3, -0.25) is 4.79 Å². The molecule has 2 nitrogen and oxygen atoms in total. The van der Waals surface area contributed by atoms with Crippen molar-refractivity contribution in [2.75, 3.05) is 0 Å². The molecule has 21 heavy (non-hydrogen) atoms. The van der Waals surface area contributed by atoms with Crippen molar-refractivity contribution in [3.63, 3.8) is 0 Å². The van der Waals surface area contributed by atoms with Gasteiger partial charge in [-0.05, 0) is 18.9 Å². The SMILES string of the molecule is CC#C[C@@H](OC(=O)CCc1ccccc1)c1ccccc1. The Morgan fingerprint density at radius 3 is 2.29 bits per heavy atom. The minimum Gasteiger partial charge on any atom is -0.444 e. The molecule has 0 saturated heterocycles. The predicted octanol–water partition coefficient (Wildman–Crippen LogP) is 3.93. The molecule has 1 atom stereocenters. The zero-order valence-corrected chi connectivity index (χ0v) is 12.1. The highest BCUT2D eigenvalue weighted by atomic mass is 16.5. The summed E-state index contributed by atoms with van der Waals surface area (Å²) >= 11 is 0. The summed E-state index contributed by atoms with van der Waals surface area (Å²) in [6.07, 6.45) is 0.555. The van der Waals surface area contributed by atoms with E-state index in [9.17, 15) is 4.79 Å². The zero-order chi connectivity index (χ0) is 14.9. The van der Waals surface area contributed by atoms with Crippen LogP contribution in [-0.2, 0) is 16.0 Å². The fourth-order valence-corrected chi connectivity index (χ4v) is 2.02. The first-order valence-corrected chi connectivity index (χ1v) is 7.00. The number of ether oxygens (including phenoxy) is 1. The molecule has 106 valence electrons. The number of esters is 1. The van der Waals surface area contributed by atoms with Gasteiger partial charge in [-0.1, -0.05) is 66.6 Å². The molecule has 0 heterocycles. The van der Waals surface area contributed by atoms with Gasteiger partial charge in [0.2, 0.25) is 0 Å². The molecular weight excluding hydrogens is 260 g/mol. The van der Waals surface area contributed by atoms with Crippen LogP contribution < -0.4 is 0 Å². The maximum atomic E-state index is 12.0. The third-order valence-electron chi connectivity index (χ3n) is 3.09. The molecule has 2 aromatic rings. The molecule has 0 aliphatic carbocycles. The zero-order valence-electron chi connectivity index (χ0n) is 12.1. The molecule has 0 aliphatic heterocycles. The summed E-state index contributed by atoms with van der Waals surface area (Å²) < 4.78 is 5.49. The fraction of sp³-hybridized carbons (Fsp3) is 0.211. The summed E-state index contributed by atoms with van der Waals surface area (Å²) in [6, 6.07) is 19.5. The molecule has 2 heteroatoms. The summed E-state index contributed by atoms with van der Waals surface area (Å²) in [7, 11) is 0. The van der Waals surface area contributed by atoms with E-state index in [2.05, 4.69) is 11.8 Å². The van der Waals surface area contributed by atoms with Crippen molar-refractivity contribution in [3.8, 4) is 11.8 Å². The van der Waals surface area contributed by atoms with E-state index in [1.165, 1.54) is 0 Å². The Morgan fingerprint density at radius 2 is 1.67 bits per heavy atom. The van der Waals surface area contributed by atoms with E-state index in [-0.39, 0.29) is 5.97 Å². The molecule has 0 fully saturated rings. The summed E-state index contributed by atoms with van der Waals surface area (Å²) in [5, 5.41) is 0. The molecule has 0 saturated carbocycles. The van der Waals surface area contributed by atoms with Gasteiger partial charge in [-0.25, -0.2) is 0 Å². The average molecular weight is 278 g/mol. The van der Waals surface area contributed by atoms with Crippen molar-refractivity contribution in [1.29, 1.82) is 0 Å². The molecule has 0 radical (unpaired) electrons. The smallest absolute Gasteiger partial charge is 0.307 e. The minimum atomic E-state index is -0.487. The van der Waals surface area contributed by atoms with Crippen LogP contribution in [0.2, 0.25) is 0 Å². The van der Waals surface area contributed by atoms with E-state index in [0.717, 1.165) is 11.1 Å². The van der Waals surface area contributed by atoms with Gasteiger partial charge in [0.05, 0.1) is 0 Å². The van der Waals surface area contributed by atoms with Crippen LogP contribution in [0.25, 0.3) is 0 Å². The summed E-state index contributed by atoms with van der Waals surface area (Å²) in [4.78, 5) is 12.0. The topological polar surface area (TPSA) is 26.3 Å². The van der Waals surface area contributed by atoms with Crippen LogP contribution in [-0.4, -0.2) is 5.97 Å². The Kier molecular flexibility index (Phi) is 5.60. The van der Waals surface area contributed by atoms with Crippen LogP contribution in [0.15, 0.2) is 60.7 Å². The normalized spacial score (nSPS) is 11.1. The number of hydrogen-bond donors (Lipinski definition) is 0. The second-order valence-electron chi connectivity index (χ2n) is 4.66. The van der Waals surface area contributed by atoms with Crippen LogP contribution in [0, 0.1) is 11.8 Å². The van der Waals surface area contributed by atoms with E-state index < -0.39 is 6.10 Å². The van der Waals surface area contributed by atoms with Crippen molar-refractivity contribution in [1.82, 2.24) is 0 Å². The van der Waals surface area contributed by atoms with Crippen LogP contribution in [0.3, 0.4) is 0 Å². The summed E-state index contributed by atoms with van der Waals surface area (Å²) in [5.41, 5.74) is 2.03. The lowest BCUT2D eigenvalue weighted by Crippen LogP contribution is -2.11. The summed E-state index contributed by atoms with van der Waals surface area (Å²) in [6.45, 7) is 1.74. The van der Waals surface area contributed by atoms with Crippen LogP contribution in [0.5, 0.6) is 0 Å². The average Bonchev–Trinajstić information content (AvgIpc) is 2.54. The third kappa shape index (κ3) is 4.81. The van der Waals surface area contributed by atoms with Crippen LogP contribution in [0.1, 0.15) is 30.6 Å². The lowest BCUT2D eigenvalue weighted by Gasteiger charge is -2.12. The Bertz CT molecular complexity index is 621. The first kappa shape index (κ1) is 14.9. The molecule has 0 bridgehead atoms. The van der Waals surface area contributed by atoms with Gasteiger partial charge in [0, 0.05) is 12.0 Å². The lowest BCUT2D eigenvalue weighted by atomic mass is 10.1. The second-order valence-corrected chi connectivity index (χ2v) is 4.66. The lowest BCUT2D eigenvalue weighted by molar-refractivity contribution is -0.146. The second kappa shape index (κ2) is 7.91. The van der Waals surface area contributed by atoms with Crippen molar-refractivity contribution in [2.24, 2.45) is 0 Å². The van der Waals surface area contributed by atoms with Gasteiger partial charge in [-0.15, -0.1) is 5.92 Å². The Hall–Kier alpha value is -2.53. The Balaban J connectivity index is 1.94. The number of benzene rings is 2. The van der Waals surface area contributed by atoms with Gasteiger partial charge < -0.3 is 4.74 Å². The van der Waals surface area contributed by atoms with E-state index >= 15 is 0 Å². The number of hydrogen-bond acceptors (Lipinski definition) is 2. The van der Waals surface area contributed by atoms with Gasteiger partial charge in [0.1, 0.15) is 0 Å².